The predicted octanol–water partition coefficient (Wildman–Crippen LogP) is 4.35. The van der Waals surface area contributed by atoms with Gasteiger partial charge in [0.2, 0.25) is 17.3 Å². The molecule has 0 unspecified atom stereocenters. The lowest BCUT2D eigenvalue weighted by Gasteiger charge is -2.04. The molecule has 0 aliphatic carbocycles. The number of ketones is 3. The van der Waals surface area contributed by atoms with Gasteiger partial charge in [-0.3, -0.25) is 42.5 Å². The minimum atomic E-state index is -1.04. The van der Waals surface area contributed by atoms with Gasteiger partial charge in [0.25, 0.3) is 0 Å². The third-order valence-electron chi connectivity index (χ3n) is 14.2. The Morgan fingerprint density at radius 2 is 0.634 bits per heavy atom. The van der Waals surface area contributed by atoms with E-state index in [2.05, 4.69) is 91.1 Å². The molecule has 12 aromatic heterocycles. The van der Waals surface area contributed by atoms with E-state index in [9.17, 15) is 28.8 Å². The maximum Gasteiger partial charge on any atom is 0.354 e. The number of carbonyl (C=O) groups excluding carboxylic acids is 3. The molecule has 522 valence electrons. The minimum absolute atomic E-state index is 0.0885. The molecular weight excluding hydrogens is 1310 g/mol. The van der Waals surface area contributed by atoms with Crippen LogP contribution in [0.4, 0.5) is 0 Å². The number of nitrogens with zero attached hydrogens (tertiary/aromatic N) is 24. The summed E-state index contributed by atoms with van der Waals surface area (Å²) < 4.78 is 8.18. The van der Waals surface area contributed by atoms with E-state index in [-0.39, 0.29) is 28.6 Å². The minimum Gasteiger partial charge on any atom is -0.477 e. The lowest BCUT2D eigenvalue weighted by Crippen LogP contribution is -2.12. The number of hydrogen-bond donors (Lipinski definition) is 6. The first kappa shape index (κ1) is 75.4. The van der Waals surface area contributed by atoms with Crippen LogP contribution in [-0.2, 0) is 42.3 Å². The zero-order valence-corrected chi connectivity index (χ0v) is 57.2. The van der Waals surface area contributed by atoms with Crippen LogP contribution in [-0.4, -0.2) is 205 Å². The smallest absolute Gasteiger partial charge is 0.354 e. The number of carboxylic acids is 3. The molecule has 0 saturated heterocycles. The number of aromatic carboxylic acids is 3. The molecule has 0 saturated carbocycles. The highest BCUT2D eigenvalue weighted by molar-refractivity contribution is 6.02. The molecule has 0 spiro atoms. The Bertz CT molecular complexity index is 4930. The van der Waals surface area contributed by atoms with Gasteiger partial charge in [-0.1, -0.05) is 0 Å². The molecule has 0 radical (unpaired) electrons. The highest BCUT2D eigenvalue weighted by Gasteiger charge is 2.24. The Balaban J connectivity index is 0.000000170. The van der Waals surface area contributed by atoms with Crippen molar-refractivity contribution >= 4 is 35.3 Å². The maximum absolute atomic E-state index is 11.7. The van der Waals surface area contributed by atoms with E-state index in [1.54, 1.807) is 91.3 Å². The van der Waals surface area contributed by atoms with Crippen LogP contribution in [0.2, 0.25) is 0 Å². The Hall–Kier alpha value is -13.0. The number of aliphatic hydroxyl groups is 3. The molecule has 0 aromatic carbocycles. The van der Waals surface area contributed by atoms with Crippen LogP contribution in [0.3, 0.4) is 0 Å². The zero-order chi connectivity index (χ0) is 74.1. The van der Waals surface area contributed by atoms with Crippen molar-refractivity contribution in [1.82, 2.24) is 119 Å². The molecule has 0 atom stereocenters. The summed E-state index contributed by atoms with van der Waals surface area (Å²) in [6.07, 6.45) is 12.3. The summed E-state index contributed by atoms with van der Waals surface area (Å²) in [6, 6.07) is 14.3. The number of Topliss-reactive ketones (excluding diaryl/α,β-unsaturated/α-hetero) is 3. The number of aryl methyl sites for hydroxylation is 14. The second-order valence-electron chi connectivity index (χ2n) is 22.1. The van der Waals surface area contributed by atoms with Gasteiger partial charge in [0.15, 0.2) is 34.6 Å². The fourth-order valence-corrected chi connectivity index (χ4v) is 9.61. The third kappa shape index (κ3) is 18.8. The normalized spacial score (nSPS) is 10.5. The topological polar surface area (TPSA) is 485 Å². The molecule has 0 aliphatic heterocycles. The molecule has 36 nitrogen and oxygen atoms in total. The van der Waals surface area contributed by atoms with E-state index in [0.717, 1.165) is 45.4 Å². The van der Waals surface area contributed by atoms with Crippen molar-refractivity contribution in [2.75, 3.05) is 19.8 Å². The molecule has 36 heteroatoms. The predicted molar refractivity (Wildman–Crippen MR) is 358 cm³/mol. The van der Waals surface area contributed by atoms with E-state index in [1.165, 1.54) is 52.9 Å². The fraction of sp³-hybridized carbons (Fsp3) is 0.262. The third-order valence-corrected chi connectivity index (χ3v) is 14.2. The van der Waals surface area contributed by atoms with Gasteiger partial charge in [0, 0.05) is 77.0 Å². The quantitative estimate of drug-likeness (QED) is 0.0777. The number of hydrogen-bond acceptors (Lipinski definition) is 27. The number of carbonyl (C=O) groups is 6. The summed E-state index contributed by atoms with van der Waals surface area (Å²) in [5.74, 6) is -3.05. The van der Waals surface area contributed by atoms with Crippen LogP contribution in [0.25, 0.3) is 67.9 Å². The summed E-state index contributed by atoms with van der Waals surface area (Å²) in [6.45, 7) is 13.1. The van der Waals surface area contributed by atoms with E-state index in [4.69, 9.17) is 30.6 Å². The first-order valence-electron chi connectivity index (χ1n) is 30.1. The number of carboxylic acid groups (broad SMARTS) is 3. The molecule has 0 bridgehead atoms. The summed E-state index contributed by atoms with van der Waals surface area (Å²) in [5, 5.41) is 101. The van der Waals surface area contributed by atoms with Crippen molar-refractivity contribution in [2.45, 2.75) is 55.4 Å². The average molecular weight is 1380 g/mol. The van der Waals surface area contributed by atoms with Crippen molar-refractivity contribution in [3.63, 3.8) is 0 Å². The van der Waals surface area contributed by atoms with Gasteiger partial charge >= 0.3 is 17.9 Å². The van der Waals surface area contributed by atoms with Crippen molar-refractivity contribution in [1.29, 1.82) is 0 Å². The van der Waals surface area contributed by atoms with Gasteiger partial charge in [-0.2, -0.15) is 61.2 Å². The summed E-state index contributed by atoms with van der Waals surface area (Å²) in [5.41, 5.74) is 12.6. The van der Waals surface area contributed by atoms with Crippen LogP contribution in [0.1, 0.15) is 108 Å². The van der Waals surface area contributed by atoms with Crippen molar-refractivity contribution in [3.8, 4) is 67.9 Å². The second kappa shape index (κ2) is 33.8. The number of aliphatic hydroxyl groups excluding tert-OH is 3. The maximum atomic E-state index is 11.7. The van der Waals surface area contributed by atoms with Crippen LogP contribution in [0.15, 0.2) is 98.1 Å². The average Bonchev–Trinajstić information content (AvgIpc) is 1.74. The Morgan fingerprint density at radius 3 is 0.970 bits per heavy atom. The SMILES string of the molecule is Cc1cc(C)nc(-c2cnn(C)c2C(=O)CO)n1.Cc1cc(C)nc(-c2cnn(C)c2C(=O)O)n1.Cc1ccc(-c2cnn(C)c2C(=O)CO)nn1.Cc1ccc(-c2cnn(C)c2C(=O)O)nn1.Cc1ccnc(-c2cnn(C)c2C(=O)O)n1.Cc1cnnc(-c2cnn(C)c2C(=O)CO)c1. The number of rotatable bonds is 15. The summed E-state index contributed by atoms with van der Waals surface area (Å²) in [7, 11) is 9.67. The molecule has 6 N–H and O–H groups in total. The number of aromatic nitrogens is 24. The molecule has 0 amide bonds. The first-order chi connectivity index (χ1) is 48.0. The Kier molecular flexibility index (Phi) is 25.3. The highest BCUT2D eigenvalue weighted by atomic mass is 16.4. The summed E-state index contributed by atoms with van der Waals surface area (Å²) >= 11 is 0. The highest BCUT2D eigenvalue weighted by Crippen LogP contribution is 2.26. The van der Waals surface area contributed by atoms with Crippen molar-refractivity contribution in [3.05, 3.63) is 178 Å². The Morgan fingerprint density at radius 1 is 0.327 bits per heavy atom. The van der Waals surface area contributed by atoms with Crippen molar-refractivity contribution < 1.29 is 59.4 Å². The van der Waals surface area contributed by atoms with Crippen LogP contribution in [0, 0.1) is 55.4 Å². The molecule has 0 aliphatic rings. The van der Waals surface area contributed by atoms with E-state index in [1.807, 2.05) is 79.7 Å². The van der Waals surface area contributed by atoms with Crippen LogP contribution >= 0.6 is 0 Å². The van der Waals surface area contributed by atoms with E-state index >= 15 is 0 Å². The molecule has 12 heterocycles. The van der Waals surface area contributed by atoms with Gasteiger partial charge in [-0.15, -0.1) is 0 Å². The van der Waals surface area contributed by atoms with E-state index < -0.39 is 43.5 Å². The molecule has 0 fully saturated rings. The van der Waals surface area contributed by atoms with Gasteiger partial charge in [-0.05, 0) is 109 Å². The van der Waals surface area contributed by atoms with Crippen LogP contribution in [0.5, 0.6) is 0 Å². The molecule has 101 heavy (non-hydrogen) atoms. The molecular formula is C65H70N24O12. The van der Waals surface area contributed by atoms with Gasteiger partial charge in [-0.25, -0.2) is 44.3 Å². The summed E-state index contributed by atoms with van der Waals surface area (Å²) in [4.78, 5) is 93.4. The van der Waals surface area contributed by atoms with Crippen molar-refractivity contribution in [2.24, 2.45) is 42.3 Å². The lowest BCUT2D eigenvalue weighted by molar-refractivity contribution is 0.0674. The zero-order valence-electron chi connectivity index (χ0n) is 57.2. The fourth-order valence-electron chi connectivity index (χ4n) is 9.61. The van der Waals surface area contributed by atoms with Gasteiger partial charge in [0.1, 0.15) is 36.9 Å². The lowest BCUT2D eigenvalue weighted by atomic mass is 10.1. The molecule has 12 rings (SSSR count). The van der Waals surface area contributed by atoms with E-state index in [0.29, 0.717) is 85.0 Å². The van der Waals surface area contributed by atoms with Crippen LogP contribution < -0.4 is 0 Å². The van der Waals surface area contributed by atoms with Gasteiger partial charge in [0.05, 0.1) is 105 Å². The second-order valence-corrected chi connectivity index (χ2v) is 22.1. The van der Waals surface area contributed by atoms with Gasteiger partial charge < -0.3 is 30.6 Å². The first-order valence-corrected chi connectivity index (χ1v) is 30.1. The largest absolute Gasteiger partial charge is 0.477 e. The monoisotopic (exact) mass is 1380 g/mol. The standard InChI is InChI=1S/C12H14N4O2.3C11H12N4O2.2C10H10N4O2/c1-7-4-8(2)15-12(14-7)9-5-13-16(3)11(9)10(18)6-17;1-7-3-9(14-12-4-7)8-5-13-15(2)11(8)10(17)6-16;1-6-4-7(2)14-10(13-6)8-5-12-15(3)9(8)11(16)17;1-7-3-4-9(14-13-7)8-5-12-15(2)11(8)10(17)6-16;1-6-3-4-11-9(13-6)7-5-12-14(2)8(7)10(15)16;1-6-3-4-8(13-12-6)7-5-11-14(2)9(7)10(15)16/h4-5,17H,6H2,1-3H3;3-5,16H,6H2,1-2H3;4-5H,1-3H3,(H,16,17);3-5,16H,6H2,1-2H3;2*3-5H,1-2H3,(H,15,16). The molecule has 12 aromatic rings. The Labute approximate surface area is 574 Å².